The molecule has 0 bridgehead atoms. The molecule has 0 unspecified atom stereocenters. The summed E-state index contributed by atoms with van der Waals surface area (Å²) in [5, 5.41) is 13.4. The molecule has 0 atom stereocenters. The molecule has 3 N–H and O–H groups in total. The van der Waals surface area contributed by atoms with E-state index < -0.39 is 12.0 Å². The Morgan fingerprint density at radius 1 is 1.17 bits per heavy atom. The third kappa shape index (κ3) is 9.44. The van der Waals surface area contributed by atoms with Gasteiger partial charge in [0.05, 0.1) is 12.5 Å². The van der Waals surface area contributed by atoms with Crippen molar-refractivity contribution >= 4 is 18.0 Å². The van der Waals surface area contributed by atoms with Gasteiger partial charge in [-0.25, -0.2) is 4.79 Å². The molecule has 0 rings (SSSR count). The lowest BCUT2D eigenvalue weighted by Gasteiger charge is -2.09. The Bertz CT molecular complexity index is 291. The van der Waals surface area contributed by atoms with Crippen molar-refractivity contribution < 1.29 is 24.2 Å². The Morgan fingerprint density at radius 3 is 2.33 bits per heavy atom. The van der Waals surface area contributed by atoms with Gasteiger partial charge in [-0.1, -0.05) is 13.8 Å². The minimum Gasteiger partial charge on any atom is -0.481 e. The number of hydrogen-bond acceptors (Lipinski definition) is 4. The van der Waals surface area contributed by atoms with Crippen LogP contribution in [-0.4, -0.2) is 42.8 Å². The second-order valence-corrected chi connectivity index (χ2v) is 4.00. The fourth-order valence-electron chi connectivity index (χ4n) is 0.987. The SMILES string of the molecule is CC(C)C(=O)OCCNC(=O)NCCCC(=O)O. The predicted molar refractivity (Wildman–Crippen MR) is 64.1 cm³/mol. The summed E-state index contributed by atoms with van der Waals surface area (Å²) in [4.78, 5) is 32.4. The number of esters is 1. The maximum absolute atomic E-state index is 11.2. The van der Waals surface area contributed by atoms with Crippen molar-refractivity contribution in [1.82, 2.24) is 10.6 Å². The van der Waals surface area contributed by atoms with E-state index in [1.807, 2.05) is 0 Å². The van der Waals surface area contributed by atoms with Crippen LogP contribution in [0.25, 0.3) is 0 Å². The van der Waals surface area contributed by atoms with E-state index in [2.05, 4.69) is 10.6 Å². The van der Waals surface area contributed by atoms with Gasteiger partial charge in [-0.2, -0.15) is 0 Å². The van der Waals surface area contributed by atoms with Crippen LogP contribution in [0.2, 0.25) is 0 Å². The van der Waals surface area contributed by atoms with Crippen molar-refractivity contribution in [3.63, 3.8) is 0 Å². The third-order valence-corrected chi connectivity index (χ3v) is 1.96. The van der Waals surface area contributed by atoms with E-state index in [1.54, 1.807) is 13.8 Å². The molecule has 0 fully saturated rings. The van der Waals surface area contributed by atoms with Crippen LogP contribution in [0.1, 0.15) is 26.7 Å². The lowest BCUT2D eigenvalue weighted by Crippen LogP contribution is -2.38. The van der Waals surface area contributed by atoms with Gasteiger partial charge in [-0.05, 0) is 6.42 Å². The maximum Gasteiger partial charge on any atom is 0.314 e. The van der Waals surface area contributed by atoms with Gasteiger partial charge in [0.15, 0.2) is 0 Å². The average molecular weight is 260 g/mol. The van der Waals surface area contributed by atoms with Crippen molar-refractivity contribution in [2.75, 3.05) is 19.7 Å². The smallest absolute Gasteiger partial charge is 0.314 e. The maximum atomic E-state index is 11.2. The van der Waals surface area contributed by atoms with E-state index in [0.717, 1.165) is 0 Å². The Kier molecular flexibility index (Phi) is 8.34. The lowest BCUT2D eigenvalue weighted by molar-refractivity contribution is -0.147. The van der Waals surface area contributed by atoms with Crippen molar-refractivity contribution in [2.45, 2.75) is 26.7 Å². The number of ether oxygens (including phenoxy) is 1. The van der Waals surface area contributed by atoms with E-state index in [0.29, 0.717) is 13.0 Å². The molecule has 104 valence electrons. The summed E-state index contributed by atoms with van der Waals surface area (Å²) in [6.45, 7) is 4.10. The molecule has 7 nitrogen and oxygen atoms in total. The van der Waals surface area contributed by atoms with Crippen molar-refractivity contribution in [3.05, 3.63) is 0 Å². The molecule has 0 aromatic rings. The summed E-state index contributed by atoms with van der Waals surface area (Å²) in [5.41, 5.74) is 0. The lowest BCUT2D eigenvalue weighted by atomic mass is 10.2. The molecule has 0 aliphatic rings. The molecule has 0 radical (unpaired) electrons. The van der Waals surface area contributed by atoms with Crippen LogP contribution in [0, 0.1) is 5.92 Å². The number of nitrogens with one attached hydrogen (secondary N) is 2. The number of carbonyl (C=O) groups is 3. The molecule has 0 saturated heterocycles. The van der Waals surface area contributed by atoms with Gasteiger partial charge >= 0.3 is 18.0 Å². The first-order valence-electron chi connectivity index (χ1n) is 5.83. The number of amides is 2. The van der Waals surface area contributed by atoms with Gasteiger partial charge in [0.2, 0.25) is 0 Å². The van der Waals surface area contributed by atoms with Crippen LogP contribution in [0.3, 0.4) is 0 Å². The molecule has 0 heterocycles. The van der Waals surface area contributed by atoms with Crippen LogP contribution in [0.4, 0.5) is 4.79 Å². The van der Waals surface area contributed by atoms with Gasteiger partial charge in [0, 0.05) is 13.0 Å². The number of hydrogen-bond donors (Lipinski definition) is 3. The number of aliphatic carboxylic acids is 1. The second kappa shape index (κ2) is 9.26. The van der Waals surface area contributed by atoms with E-state index in [-0.39, 0.29) is 31.5 Å². The molecular weight excluding hydrogens is 240 g/mol. The third-order valence-electron chi connectivity index (χ3n) is 1.96. The van der Waals surface area contributed by atoms with Crippen LogP contribution in [0.15, 0.2) is 0 Å². The number of urea groups is 1. The first-order valence-corrected chi connectivity index (χ1v) is 5.83. The molecule has 0 aromatic heterocycles. The predicted octanol–water partition coefficient (Wildman–Crippen LogP) is 0.350. The van der Waals surface area contributed by atoms with Crippen LogP contribution < -0.4 is 10.6 Å². The molecule has 0 spiro atoms. The Morgan fingerprint density at radius 2 is 1.78 bits per heavy atom. The summed E-state index contributed by atoms with van der Waals surface area (Å²) in [5.74, 6) is -1.38. The molecule has 0 aliphatic heterocycles. The number of rotatable bonds is 8. The minimum absolute atomic E-state index is 0.0201. The van der Waals surface area contributed by atoms with E-state index in [1.165, 1.54) is 0 Å². The molecule has 0 aliphatic carbocycles. The quantitative estimate of drug-likeness (QED) is 0.431. The normalized spacial score (nSPS) is 9.94. The van der Waals surface area contributed by atoms with E-state index >= 15 is 0 Å². The highest BCUT2D eigenvalue weighted by molar-refractivity contribution is 5.74. The summed E-state index contributed by atoms with van der Waals surface area (Å²) >= 11 is 0. The zero-order chi connectivity index (χ0) is 14.0. The Balaban J connectivity index is 3.43. The van der Waals surface area contributed by atoms with Crippen LogP contribution >= 0.6 is 0 Å². The van der Waals surface area contributed by atoms with Gasteiger partial charge in [0.1, 0.15) is 6.61 Å². The monoisotopic (exact) mass is 260 g/mol. The molecule has 0 saturated carbocycles. The summed E-state index contributed by atoms with van der Waals surface area (Å²) in [7, 11) is 0. The summed E-state index contributed by atoms with van der Waals surface area (Å²) in [6.07, 6.45) is 0.400. The topological polar surface area (TPSA) is 105 Å². The highest BCUT2D eigenvalue weighted by Crippen LogP contribution is 1.94. The fourth-order valence-corrected chi connectivity index (χ4v) is 0.987. The van der Waals surface area contributed by atoms with E-state index in [4.69, 9.17) is 9.84 Å². The largest absolute Gasteiger partial charge is 0.481 e. The van der Waals surface area contributed by atoms with Gasteiger partial charge < -0.3 is 20.5 Å². The Labute approximate surface area is 106 Å². The highest BCUT2D eigenvalue weighted by Gasteiger charge is 2.07. The molecule has 18 heavy (non-hydrogen) atoms. The fraction of sp³-hybridized carbons (Fsp3) is 0.727. The minimum atomic E-state index is -0.891. The second-order valence-electron chi connectivity index (χ2n) is 4.00. The molecule has 2 amide bonds. The van der Waals surface area contributed by atoms with Gasteiger partial charge in [-0.15, -0.1) is 0 Å². The van der Waals surface area contributed by atoms with Gasteiger partial charge in [-0.3, -0.25) is 9.59 Å². The van der Waals surface area contributed by atoms with Crippen molar-refractivity contribution in [3.8, 4) is 0 Å². The van der Waals surface area contributed by atoms with Crippen molar-refractivity contribution in [1.29, 1.82) is 0 Å². The van der Waals surface area contributed by atoms with Crippen LogP contribution in [-0.2, 0) is 14.3 Å². The van der Waals surface area contributed by atoms with Gasteiger partial charge in [0.25, 0.3) is 0 Å². The van der Waals surface area contributed by atoms with Crippen molar-refractivity contribution in [2.24, 2.45) is 5.92 Å². The first kappa shape index (κ1) is 16.2. The van der Waals surface area contributed by atoms with Crippen LogP contribution in [0.5, 0.6) is 0 Å². The molecular formula is C11H20N2O5. The molecule has 7 heteroatoms. The summed E-state index contributed by atoms with van der Waals surface area (Å²) < 4.78 is 4.85. The molecule has 0 aromatic carbocycles. The number of carboxylic acid groups (broad SMARTS) is 1. The standard InChI is InChI=1S/C11H20N2O5/c1-8(2)10(16)18-7-6-13-11(17)12-5-3-4-9(14)15/h8H,3-7H2,1-2H3,(H,14,15)(H2,12,13,17). The van der Waals surface area contributed by atoms with E-state index in [9.17, 15) is 14.4 Å². The number of carboxylic acids is 1. The summed E-state index contributed by atoms with van der Waals surface area (Å²) in [6, 6.07) is -0.402. The first-order chi connectivity index (χ1) is 8.43. The highest BCUT2D eigenvalue weighted by atomic mass is 16.5. The number of carbonyl (C=O) groups excluding carboxylic acids is 2. The Hall–Kier alpha value is -1.79. The average Bonchev–Trinajstić information content (AvgIpc) is 2.29. The zero-order valence-corrected chi connectivity index (χ0v) is 10.7. The zero-order valence-electron chi connectivity index (χ0n) is 10.7.